The van der Waals surface area contributed by atoms with E-state index in [1.807, 2.05) is 6.07 Å². The van der Waals surface area contributed by atoms with Gasteiger partial charge in [0.05, 0.1) is 30.1 Å². The van der Waals surface area contributed by atoms with Gasteiger partial charge in [0.25, 0.3) is 20.1 Å². The Morgan fingerprint density at radius 2 is 1.76 bits per heavy atom. The highest BCUT2D eigenvalue weighted by Crippen LogP contribution is 2.36. The molecule has 0 aliphatic carbocycles. The van der Waals surface area contributed by atoms with E-state index in [4.69, 9.17) is 22.9 Å². The Hall–Kier alpha value is -2.59. The minimum absolute atomic E-state index is 0.0650. The molecule has 14 heteroatoms. The van der Waals surface area contributed by atoms with Crippen molar-refractivity contribution < 1.29 is 39.8 Å². The maximum Gasteiger partial charge on any atom is 0.269 e. The molecule has 0 N–H and O–H groups in total. The van der Waals surface area contributed by atoms with Crippen LogP contribution >= 0.6 is 0 Å². The molecule has 2 aromatic carbocycles. The Kier molecular flexibility index (Phi) is 12.2. The first-order valence-electron chi connectivity index (χ1n) is 15.5. The number of aryl methyl sites for hydroxylation is 1. The summed E-state index contributed by atoms with van der Waals surface area (Å²) in [5.74, 6) is 0.106. The summed E-state index contributed by atoms with van der Waals surface area (Å²) in [6.45, 7) is 11.2. The van der Waals surface area contributed by atoms with Gasteiger partial charge in [0.1, 0.15) is 6.73 Å². The van der Waals surface area contributed by atoms with Gasteiger partial charge in [-0.1, -0.05) is 61.2 Å². The van der Waals surface area contributed by atoms with Crippen molar-refractivity contribution in [2.45, 2.75) is 83.0 Å². The molecular weight excluding hydrogens is 649 g/mol. The van der Waals surface area contributed by atoms with Gasteiger partial charge in [-0.15, -0.1) is 0 Å². The third-order valence-electron chi connectivity index (χ3n) is 7.73. The second-order valence-electron chi connectivity index (χ2n) is 12.8. The molecule has 0 amide bonds. The number of nitrogens with zero attached hydrogens (tertiary/aromatic N) is 2. The molecule has 254 valence electrons. The topological polar surface area (TPSA) is 134 Å². The Morgan fingerprint density at radius 3 is 2.41 bits per heavy atom. The lowest BCUT2D eigenvalue weighted by Crippen LogP contribution is -2.34. The van der Waals surface area contributed by atoms with Gasteiger partial charge in [-0.25, -0.2) is 12.7 Å². The number of hydrogen-bond donors (Lipinski definition) is 0. The SMILES string of the molecule is Cc1noc(N(COCC[Si](C)(C)C)S(=O)(=O)c2ccccc2-c2ccc(COS(C)(=O)=O)cc2CCOC2CCCCO2)c1C. The van der Waals surface area contributed by atoms with E-state index in [0.29, 0.717) is 54.2 Å². The van der Waals surface area contributed by atoms with Crippen LogP contribution in [-0.4, -0.2) is 69.2 Å². The molecule has 0 saturated carbocycles. The third kappa shape index (κ3) is 9.96. The van der Waals surface area contributed by atoms with Crippen LogP contribution < -0.4 is 4.31 Å². The van der Waals surface area contributed by atoms with Crippen molar-refractivity contribution in [3.05, 3.63) is 64.8 Å². The largest absolute Gasteiger partial charge is 0.360 e. The van der Waals surface area contributed by atoms with Crippen LogP contribution in [0.3, 0.4) is 0 Å². The van der Waals surface area contributed by atoms with E-state index in [0.717, 1.165) is 41.4 Å². The minimum atomic E-state index is -4.22. The molecule has 1 aromatic heterocycles. The molecule has 1 aliphatic heterocycles. The van der Waals surface area contributed by atoms with Crippen molar-refractivity contribution in [3.8, 4) is 11.1 Å². The Balaban J connectivity index is 1.72. The minimum Gasteiger partial charge on any atom is -0.360 e. The normalized spacial score (nSPS) is 16.1. The zero-order chi connectivity index (χ0) is 33.5. The highest BCUT2D eigenvalue weighted by molar-refractivity contribution is 7.93. The predicted molar refractivity (Wildman–Crippen MR) is 179 cm³/mol. The van der Waals surface area contributed by atoms with Crippen LogP contribution in [0.2, 0.25) is 25.7 Å². The zero-order valence-corrected chi connectivity index (χ0v) is 30.2. The van der Waals surface area contributed by atoms with E-state index in [-0.39, 0.29) is 30.4 Å². The van der Waals surface area contributed by atoms with E-state index >= 15 is 0 Å². The molecule has 1 aliphatic rings. The van der Waals surface area contributed by atoms with E-state index < -0.39 is 28.2 Å². The molecule has 46 heavy (non-hydrogen) atoms. The molecular formula is C32H46N2O9S2Si. The average Bonchev–Trinajstić information content (AvgIpc) is 3.32. The van der Waals surface area contributed by atoms with Crippen molar-refractivity contribution >= 4 is 34.1 Å². The standard InChI is InChI=1S/C32H46N2O9S2Si/c1-24-25(2)33-43-32(24)34(23-39-19-20-46(4,5)6)45(37,38)30-12-8-7-11-29(30)28-15-14-26(22-42-44(3,35)36)21-27(28)16-18-41-31-13-9-10-17-40-31/h7-8,11-12,14-15,21,31H,9-10,13,16-20,22-23H2,1-6H3. The Labute approximate surface area is 274 Å². The van der Waals surface area contributed by atoms with Crippen LogP contribution in [0.5, 0.6) is 0 Å². The Morgan fingerprint density at radius 1 is 1.00 bits per heavy atom. The fourth-order valence-corrected chi connectivity index (χ4v) is 7.61. The predicted octanol–water partition coefficient (Wildman–Crippen LogP) is 6.03. The maximum absolute atomic E-state index is 14.5. The number of benzene rings is 2. The first kappa shape index (κ1) is 36.2. The molecule has 11 nitrogen and oxygen atoms in total. The summed E-state index contributed by atoms with van der Waals surface area (Å²) in [6.07, 6.45) is 3.99. The maximum atomic E-state index is 14.5. The van der Waals surface area contributed by atoms with E-state index in [1.54, 1.807) is 50.2 Å². The molecule has 0 bridgehead atoms. The molecule has 3 aromatic rings. The molecule has 4 rings (SSSR count). The van der Waals surface area contributed by atoms with Crippen LogP contribution in [0.25, 0.3) is 11.1 Å². The molecule has 1 unspecified atom stereocenters. The first-order chi connectivity index (χ1) is 21.7. The van der Waals surface area contributed by atoms with Gasteiger partial charge >= 0.3 is 0 Å². The molecule has 0 radical (unpaired) electrons. The third-order valence-corrected chi connectivity index (χ3v) is 11.7. The average molecular weight is 695 g/mol. The second kappa shape index (κ2) is 15.5. The van der Waals surface area contributed by atoms with Crippen LogP contribution in [0.4, 0.5) is 5.88 Å². The van der Waals surface area contributed by atoms with Crippen molar-refractivity contribution in [2.75, 3.05) is 37.1 Å². The number of aromatic nitrogens is 1. The van der Waals surface area contributed by atoms with Crippen LogP contribution in [-0.2, 0) is 51.6 Å². The van der Waals surface area contributed by atoms with E-state index in [1.165, 1.54) is 0 Å². The van der Waals surface area contributed by atoms with Gasteiger partial charge in [0.2, 0.25) is 5.88 Å². The van der Waals surface area contributed by atoms with Gasteiger partial charge < -0.3 is 18.7 Å². The summed E-state index contributed by atoms with van der Waals surface area (Å²) >= 11 is 0. The van der Waals surface area contributed by atoms with Gasteiger partial charge in [0, 0.05) is 32.4 Å². The lowest BCUT2D eigenvalue weighted by Gasteiger charge is -2.25. The Bertz CT molecular complexity index is 1680. The quantitative estimate of drug-likeness (QED) is 0.0758. The summed E-state index contributed by atoms with van der Waals surface area (Å²) in [5, 5.41) is 4.01. The summed E-state index contributed by atoms with van der Waals surface area (Å²) in [6, 6.07) is 13.0. The van der Waals surface area contributed by atoms with Gasteiger partial charge in [-0.2, -0.15) is 8.42 Å². The van der Waals surface area contributed by atoms with Crippen LogP contribution in [0, 0.1) is 13.8 Å². The van der Waals surface area contributed by atoms with Crippen molar-refractivity contribution in [1.29, 1.82) is 0 Å². The number of rotatable bonds is 16. The highest BCUT2D eigenvalue weighted by Gasteiger charge is 2.33. The number of hydrogen-bond acceptors (Lipinski definition) is 10. The molecule has 2 heterocycles. The smallest absolute Gasteiger partial charge is 0.269 e. The summed E-state index contributed by atoms with van der Waals surface area (Å²) < 4.78 is 81.8. The fourth-order valence-electron chi connectivity index (χ4n) is 4.96. The van der Waals surface area contributed by atoms with Crippen LogP contribution in [0.15, 0.2) is 51.9 Å². The molecule has 1 atom stereocenters. The van der Waals surface area contributed by atoms with Crippen molar-refractivity contribution in [1.82, 2.24) is 5.16 Å². The number of ether oxygens (including phenoxy) is 3. The number of anilines is 1. The van der Waals surface area contributed by atoms with Crippen LogP contribution in [0.1, 0.15) is 41.6 Å². The van der Waals surface area contributed by atoms with Gasteiger partial charge in [-0.05, 0) is 68.3 Å². The van der Waals surface area contributed by atoms with Gasteiger partial charge in [-0.3, -0.25) is 4.18 Å². The van der Waals surface area contributed by atoms with E-state index in [9.17, 15) is 16.8 Å². The zero-order valence-electron chi connectivity index (χ0n) is 27.6. The molecule has 1 fully saturated rings. The lowest BCUT2D eigenvalue weighted by molar-refractivity contribution is -0.161. The molecule has 1 saturated heterocycles. The highest BCUT2D eigenvalue weighted by atomic mass is 32.2. The monoisotopic (exact) mass is 694 g/mol. The lowest BCUT2D eigenvalue weighted by atomic mass is 9.96. The second-order valence-corrected chi connectivity index (χ2v) is 21.9. The summed E-state index contributed by atoms with van der Waals surface area (Å²) in [5.41, 5.74) is 3.74. The summed E-state index contributed by atoms with van der Waals surface area (Å²) in [7, 11) is -9.30. The van der Waals surface area contributed by atoms with E-state index in [2.05, 4.69) is 24.8 Å². The summed E-state index contributed by atoms with van der Waals surface area (Å²) in [4.78, 5) is 0.0650. The number of sulfonamides is 1. The molecule has 0 spiro atoms. The van der Waals surface area contributed by atoms with Crippen molar-refractivity contribution in [2.24, 2.45) is 0 Å². The fraction of sp³-hybridized carbons (Fsp3) is 0.531. The van der Waals surface area contributed by atoms with Crippen molar-refractivity contribution in [3.63, 3.8) is 0 Å². The van der Waals surface area contributed by atoms with Gasteiger partial charge in [0.15, 0.2) is 6.29 Å². The first-order valence-corrected chi connectivity index (χ1v) is 22.4.